The highest BCUT2D eigenvalue weighted by atomic mass is 16.2. The molecule has 1 saturated heterocycles. The zero-order valence-corrected chi connectivity index (χ0v) is 7.66. The molecule has 1 aliphatic heterocycles. The van der Waals surface area contributed by atoms with Crippen molar-refractivity contribution in [3.05, 3.63) is 0 Å². The van der Waals surface area contributed by atoms with Gasteiger partial charge in [0.2, 0.25) is 17.7 Å². The second kappa shape index (κ2) is 3.55. The Morgan fingerprint density at radius 3 is 2.23 bits per heavy atom. The van der Waals surface area contributed by atoms with E-state index in [2.05, 4.69) is 5.32 Å². The van der Waals surface area contributed by atoms with Crippen molar-refractivity contribution in [1.82, 2.24) is 10.2 Å². The molecule has 1 aliphatic rings. The fourth-order valence-electron chi connectivity index (χ4n) is 1.38. The molecule has 0 aromatic carbocycles. The molecule has 0 aromatic heterocycles. The summed E-state index contributed by atoms with van der Waals surface area (Å²) in [7, 11) is 0. The molecule has 0 radical (unpaired) electrons. The van der Waals surface area contributed by atoms with Crippen LogP contribution in [-0.2, 0) is 14.4 Å². The predicted molar refractivity (Wildman–Crippen MR) is 44.4 cm³/mol. The van der Waals surface area contributed by atoms with Crippen molar-refractivity contribution in [3.63, 3.8) is 0 Å². The first-order valence-corrected chi connectivity index (χ1v) is 4.14. The monoisotopic (exact) mass is 184 g/mol. The van der Waals surface area contributed by atoms with Gasteiger partial charge in [-0.15, -0.1) is 0 Å². The molecule has 1 heterocycles. The summed E-state index contributed by atoms with van der Waals surface area (Å²) in [6, 6.07) is 0. The van der Waals surface area contributed by atoms with E-state index in [1.54, 1.807) is 6.92 Å². The molecule has 13 heavy (non-hydrogen) atoms. The Morgan fingerprint density at radius 2 is 1.85 bits per heavy atom. The second-order valence-electron chi connectivity index (χ2n) is 3.03. The molecular weight excluding hydrogens is 172 g/mol. The van der Waals surface area contributed by atoms with Gasteiger partial charge in [0.15, 0.2) is 0 Å². The number of carbonyl (C=O) groups is 3. The minimum Gasteiger partial charge on any atom is -0.336 e. The van der Waals surface area contributed by atoms with Crippen LogP contribution in [0.15, 0.2) is 0 Å². The molecule has 0 spiro atoms. The maximum atomic E-state index is 11.2. The summed E-state index contributed by atoms with van der Waals surface area (Å²) in [5.74, 6) is -0.683. The Morgan fingerprint density at radius 1 is 1.38 bits per heavy atom. The van der Waals surface area contributed by atoms with E-state index >= 15 is 0 Å². The highest BCUT2D eigenvalue weighted by molar-refractivity contribution is 6.02. The van der Waals surface area contributed by atoms with E-state index in [9.17, 15) is 14.4 Å². The Kier molecular flexibility index (Phi) is 2.65. The first-order valence-electron chi connectivity index (χ1n) is 4.14. The van der Waals surface area contributed by atoms with Gasteiger partial charge < -0.3 is 5.32 Å². The van der Waals surface area contributed by atoms with E-state index in [0.29, 0.717) is 0 Å². The number of hydrogen-bond acceptors (Lipinski definition) is 3. The van der Waals surface area contributed by atoms with Crippen LogP contribution in [-0.4, -0.2) is 28.8 Å². The van der Waals surface area contributed by atoms with Gasteiger partial charge in [-0.2, -0.15) is 0 Å². The van der Waals surface area contributed by atoms with Gasteiger partial charge in [0, 0.05) is 19.8 Å². The van der Waals surface area contributed by atoms with Gasteiger partial charge in [0.1, 0.15) is 6.17 Å². The van der Waals surface area contributed by atoms with E-state index in [1.807, 2.05) is 0 Å². The number of imide groups is 1. The van der Waals surface area contributed by atoms with Crippen molar-refractivity contribution in [2.75, 3.05) is 0 Å². The SMILES string of the molecule is CC(=O)NC(C)N1C(=O)CCC1=O. The number of nitrogens with one attached hydrogen (secondary N) is 1. The standard InChI is InChI=1S/C8H12N2O3/c1-5(9-6(2)11)10-7(12)3-4-8(10)13/h5H,3-4H2,1-2H3,(H,9,11). The van der Waals surface area contributed by atoms with E-state index in [1.165, 1.54) is 6.92 Å². The van der Waals surface area contributed by atoms with Crippen molar-refractivity contribution in [1.29, 1.82) is 0 Å². The van der Waals surface area contributed by atoms with Gasteiger partial charge in [-0.3, -0.25) is 19.3 Å². The summed E-state index contributed by atoms with van der Waals surface area (Å²) in [6.45, 7) is 2.96. The number of amides is 3. The zero-order valence-electron chi connectivity index (χ0n) is 7.66. The minimum atomic E-state index is -0.528. The first kappa shape index (κ1) is 9.70. The predicted octanol–water partition coefficient (Wildman–Crippen LogP) is -0.383. The summed E-state index contributed by atoms with van der Waals surface area (Å²) in [5.41, 5.74) is 0. The molecule has 1 N–H and O–H groups in total. The van der Waals surface area contributed by atoms with Gasteiger partial charge >= 0.3 is 0 Å². The molecule has 5 nitrogen and oxygen atoms in total. The van der Waals surface area contributed by atoms with Crippen molar-refractivity contribution in [2.45, 2.75) is 32.9 Å². The van der Waals surface area contributed by atoms with Crippen LogP contribution in [0, 0.1) is 0 Å². The van der Waals surface area contributed by atoms with Crippen molar-refractivity contribution in [3.8, 4) is 0 Å². The van der Waals surface area contributed by atoms with E-state index in [-0.39, 0.29) is 30.6 Å². The van der Waals surface area contributed by atoms with E-state index in [4.69, 9.17) is 0 Å². The quantitative estimate of drug-likeness (QED) is 0.595. The molecule has 1 unspecified atom stereocenters. The molecule has 1 fully saturated rings. The van der Waals surface area contributed by atoms with Gasteiger partial charge in [-0.25, -0.2) is 0 Å². The van der Waals surface area contributed by atoms with Crippen LogP contribution in [0.25, 0.3) is 0 Å². The normalized spacial score (nSPS) is 19.1. The van der Waals surface area contributed by atoms with E-state index in [0.717, 1.165) is 4.90 Å². The van der Waals surface area contributed by atoms with Crippen LogP contribution in [0.3, 0.4) is 0 Å². The lowest BCUT2D eigenvalue weighted by atomic mass is 10.4. The number of rotatable bonds is 2. The third-order valence-electron chi connectivity index (χ3n) is 1.89. The number of hydrogen-bond donors (Lipinski definition) is 1. The van der Waals surface area contributed by atoms with Crippen LogP contribution in [0.1, 0.15) is 26.7 Å². The van der Waals surface area contributed by atoms with Gasteiger partial charge in [0.05, 0.1) is 0 Å². The highest BCUT2D eigenvalue weighted by Crippen LogP contribution is 2.13. The van der Waals surface area contributed by atoms with E-state index < -0.39 is 6.17 Å². The number of likely N-dealkylation sites (tertiary alicyclic amines) is 1. The van der Waals surface area contributed by atoms with Gasteiger partial charge in [0.25, 0.3) is 0 Å². The molecule has 0 saturated carbocycles. The first-order chi connectivity index (χ1) is 6.02. The molecule has 3 amide bonds. The molecule has 1 rings (SSSR count). The Bertz CT molecular complexity index is 246. The van der Waals surface area contributed by atoms with Crippen molar-refractivity contribution >= 4 is 17.7 Å². The molecule has 0 bridgehead atoms. The summed E-state index contributed by atoms with van der Waals surface area (Å²) in [6.07, 6.45) is -0.0223. The fourth-order valence-corrected chi connectivity index (χ4v) is 1.38. The lowest BCUT2D eigenvalue weighted by Crippen LogP contribution is -2.48. The van der Waals surface area contributed by atoms with Crippen molar-refractivity contribution < 1.29 is 14.4 Å². The largest absolute Gasteiger partial charge is 0.336 e. The maximum Gasteiger partial charge on any atom is 0.231 e. The lowest BCUT2D eigenvalue weighted by molar-refractivity contribution is -0.142. The van der Waals surface area contributed by atoms with Crippen LogP contribution in [0.5, 0.6) is 0 Å². The molecule has 0 aliphatic carbocycles. The third-order valence-corrected chi connectivity index (χ3v) is 1.89. The summed E-state index contributed by atoms with van der Waals surface area (Å²) in [5, 5.41) is 2.49. The average molecular weight is 184 g/mol. The summed E-state index contributed by atoms with van der Waals surface area (Å²) in [4.78, 5) is 34.1. The van der Waals surface area contributed by atoms with Crippen molar-refractivity contribution in [2.24, 2.45) is 0 Å². The number of carbonyl (C=O) groups excluding carboxylic acids is 3. The Labute approximate surface area is 76.1 Å². The molecule has 72 valence electrons. The Balaban J connectivity index is 2.64. The minimum absolute atomic E-state index is 0.216. The van der Waals surface area contributed by atoms with Crippen LogP contribution < -0.4 is 5.32 Å². The highest BCUT2D eigenvalue weighted by Gasteiger charge is 2.32. The van der Waals surface area contributed by atoms with Gasteiger partial charge in [-0.1, -0.05) is 0 Å². The second-order valence-corrected chi connectivity index (χ2v) is 3.03. The molecule has 0 aromatic rings. The third kappa shape index (κ3) is 2.05. The fraction of sp³-hybridized carbons (Fsp3) is 0.625. The average Bonchev–Trinajstić information content (AvgIpc) is 2.29. The molecular formula is C8H12N2O3. The van der Waals surface area contributed by atoms with Gasteiger partial charge in [-0.05, 0) is 6.92 Å². The molecule has 5 heteroatoms. The topological polar surface area (TPSA) is 66.5 Å². The Hall–Kier alpha value is -1.39. The smallest absolute Gasteiger partial charge is 0.231 e. The molecule has 1 atom stereocenters. The van der Waals surface area contributed by atoms with Crippen LogP contribution >= 0.6 is 0 Å². The van der Waals surface area contributed by atoms with Crippen LogP contribution in [0.4, 0.5) is 0 Å². The van der Waals surface area contributed by atoms with Crippen LogP contribution in [0.2, 0.25) is 0 Å². The summed E-state index contributed by atoms with van der Waals surface area (Å²) >= 11 is 0. The zero-order chi connectivity index (χ0) is 10.0. The number of nitrogens with zero attached hydrogens (tertiary/aromatic N) is 1. The summed E-state index contributed by atoms with van der Waals surface area (Å²) < 4.78 is 0. The lowest BCUT2D eigenvalue weighted by Gasteiger charge is -2.22. The maximum absolute atomic E-state index is 11.2.